The molecule has 0 atom stereocenters. The molecule has 7 nitrogen and oxygen atoms in total. The number of rotatable bonds is 6. The fourth-order valence-electron chi connectivity index (χ4n) is 3.70. The predicted octanol–water partition coefficient (Wildman–Crippen LogP) is 3.70. The Kier molecular flexibility index (Phi) is 6.55. The van der Waals surface area contributed by atoms with E-state index in [0.717, 1.165) is 55.4 Å². The number of morpholine rings is 1. The van der Waals surface area contributed by atoms with Crippen LogP contribution in [0.3, 0.4) is 0 Å². The molecule has 1 fully saturated rings. The van der Waals surface area contributed by atoms with Crippen LogP contribution in [0, 0.1) is 10.6 Å². The maximum atomic E-state index is 13.5. The van der Waals surface area contributed by atoms with Crippen molar-refractivity contribution in [2.45, 2.75) is 13.5 Å². The number of benzene rings is 1. The van der Waals surface area contributed by atoms with Gasteiger partial charge in [0.2, 0.25) is 5.91 Å². The van der Waals surface area contributed by atoms with Gasteiger partial charge in [-0.05, 0) is 48.6 Å². The van der Waals surface area contributed by atoms with Crippen molar-refractivity contribution in [2.75, 3.05) is 38.2 Å². The molecular weight excluding hydrogens is 417 g/mol. The van der Waals surface area contributed by atoms with Gasteiger partial charge >= 0.3 is 0 Å². The first-order valence-corrected chi connectivity index (χ1v) is 10.5. The molecule has 31 heavy (non-hydrogen) atoms. The molecule has 0 bridgehead atoms. The van der Waals surface area contributed by atoms with Crippen molar-refractivity contribution in [3.63, 3.8) is 0 Å². The van der Waals surface area contributed by atoms with E-state index in [1.807, 2.05) is 12.1 Å². The first-order chi connectivity index (χ1) is 15.0. The van der Waals surface area contributed by atoms with Gasteiger partial charge in [0.25, 0.3) is 0 Å². The third-order valence-electron chi connectivity index (χ3n) is 5.20. The monoisotopic (exact) mass is 441 g/mol. The number of halogens is 1. The molecule has 1 aromatic carbocycles. The van der Waals surface area contributed by atoms with Gasteiger partial charge in [-0.3, -0.25) is 9.69 Å². The van der Waals surface area contributed by atoms with Crippen molar-refractivity contribution in [1.82, 2.24) is 19.4 Å². The Labute approximate surface area is 184 Å². The lowest BCUT2D eigenvalue weighted by Gasteiger charge is -2.26. The first kappa shape index (κ1) is 21.4. The summed E-state index contributed by atoms with van der Waals surface area (Å²) in [5, 5.41) is 2.72. The van der Waals surface area contributed by atoms with Crippen molar-refractivity contribution in [1.29, 1.82) is 0 Å². The summed E-state index contributed by atoms with van der Waals surface area (Å²) < 4.78 is 21.6. The summed E-state index contributed by atoms with van der Waals surface area (Å²) in [5.41, 5.74) is 3.35. The Hall–Kier alpha value is -2.88. The number of hydrogen-bond donors (Lipinski definition) is 2. The number of amides is 1. The molecule has 0 aliphatic carbocycles. The lowest BCUT2D eigenvalue weighted by molar-refractivity contribution is -0.114. The number of aromatic amines is 1. The summed E-state index contributed by atoms with van der Waals surface area (Å²) in [6.07, 6.45) is 1.65. The highest BCUT2D eigenvalue weighted by molar-refractivity contribution is 7.71. The molecule has 2 N–H and O–H groups in total. The van der Waals surface area contributed by atoms with Crippen molar-refractivity contribution in [2.24, 2.45) is 0 Å². The van der Waals surface area contributed by atoms with E-state index in [0.29, 0.717) is 17.1 Å². The lowest BCUT2D eigenvalue weighted by Crippen LogP contribution is -2.38. The van der Waals surface area contributed by atoms with Crippen LogP contribution in [0.2, 0.25) is 0 Å². The molecule has 1 amide bonds. The van der Waals surface area contributed by atoms with E-state index in [-0.39, 0.29) is 11.7 Å². The summed E-state index contributed by atoms with van der Waals surface area (Å²) in [7, 11) is 0. The van der Waals surface area contributed by atoms with E-state index >= 15 is 0 Å². The smallest absolute Gasteiger partial charge is 0.222 e. The molecule has 0 unspecified atom stereocenters. The Morgan fingerprint density at radius 3 is 2.65 bits per heavy atom. The van der Waals surface area contributed by atoms with E-state index < -0.39 is 0 Å². The second-order valence-electron chi connectivity index (χ2n) is 7.38. The Morgan fingerprint density at radius 1 is 1.19 bits per heavy atom. The summed E-state index contributed by atoms with van der Waals surface area (Å²) in [5.74, 6) is -0.0314. The highest BCUT2D eigenvalue weighted by Crippen LogP contribution is 2.33. The Bertz CT molecular complexity index is 1120. The van der Waals surface area contributed by atoms with E-state index in [9.17, 15) is 9.18 Å². The normalized spacial score (nSPS) is 14.5. The number of anilines is 1. The van der Waals surface area contributed by atoms with Crippen LogP contribution in [0.1, 0.15) is 6.92 Å². The van der Waals surface area contributed by atoms with Crippen molar-refractivity contribution < 1.29 is 13.9 Å². The predicted molar refractivity (Wildman–Crippen MR) is 120 cm³/mol. The van der Waals surface area contributed by atoms with Gasteiger partial charge in [-0.1, -0.05) is 0 Å². The molecule has 3 heterocycles. The number of carbonyl (C=O) groups excluding carboxylic acids is 1. The van der Waals surface area contributed by atoms with Gasteiger partial charge in [-0.2, -0.15) is 0 Å². The average molecular weight is 442 g/mol. The molecule has 0 saturated carbocycles. The van der Waals surface area contributed by atoms with Gasteiger partial charge in [0.15, 0.2) is 4.77 Å². The molecule has 1 aliphatic rings. The minimum absolute atomic E-state index is 0.193. The third kappa shape index (κ3) is 5.07. The van der Waals surface area contributed by atoms with Gasteiger partial charge in [-0.25, -0.2) is 9.37 Å². The number of ether oxygens (including phenoxy) is 1. The van der Waals surface area contributed by atoms with E-state index in [1.165, 1.54) is 19.1 Å². The van der Waals surface area contributed by atoms with Gasteiger partial charge in [0.05, 0.1) is 24.6 Å². The molecule has 1 saturated heterocycles. The average Bonchev–Trinajstić information content (AvgIpc) is 3.09. The van der Waals surface area contributed by atoms with Crippen LogP contribution in [0.15, 0.2) is 42.6 Å². The van der Waals surface area contributed by atoms with Crippen molar-refractivity contribution >= 4 is 23.9 Å². The van der Waals surface area contributed by atoms with Crippen LogP contribution in [-0.4, -0.2) is 58.2 Å². The number of imidazole rings is 1. The molecule has 1 aliphatic heterocycles. The summed E-state index contributed by atoms with van der Waals surface area (Å²) in [6.45, 7) is 6.20. The van der Waals surface area contributed by atoms with Crippen LogP contribution >= 0.6 is 12.2 Å². The largest absolute Gasteiger partial charge is 0.379 e. The topological polar surface area (TPSA) is 75.2 Å². The molecule has 2 aromatic heterocycles. The fourth-order valence-corrected chi connectivity index (χ4v) is 3.99. The SMILES string of the molecule is CC(=O)Nc1cc(-c2c(-c3ccc(F)cc3)[nH]c(=S)n2CCN2CCOCC2)ccn1. The van der Waals surface area contributed by atoms with Crippen LogP contribution in [0.25, 0.3) is 22.5 Å². The first-order valence-electron chi connectivity index (χ1n) is 10.1. The number of nitrogens with zero attached hydrogens (tertiary/aromatic N) is 3. The maximum absolute atomic E-state index is 13.5. The minimum atomic E-state index is -0.299. The highest BCUT2D eigenvalue weighted by atomic mass is 32.1. The van der Waals surface area contributed by atoms with E-state index in [4.69, 9.17) is 17.0 Å². The van der Waals surface area contributed by atoms with Gasteiger partial charge in [0.1, 0.15) is 11.6 Å². The third-order valence-corrected chi connectivity index (χ3v) is 5.52. The Balaban J connectivity index is 1.76. The van der Waals surface area contributed by atoms with Gasteiger partial charge in [-0.15, -0.1) is 0 Å². The van der Waals surface area contributed by atoms with E-state index in [2.05, 4.69) is 24.8 Å². The molecular formula is C22H24FN5O2S. The second kappa shape index (κ2) is 9.51. The quantitative estimate of drug-likeness (QED) is 0.571. The number of pyridine rings is 1. The molecule has 0 radical (unpaired) electrons. The molecule has 3 aromatic rings. The van der Waals surface area contributed by atoms with Crippen molar-refractivity contribution in [3.8, 4) is 22.5 Å². The second-order valence-corrected chi connectivity index (χ2v) is 7.76. The van der Waals surface area contributed by atoms with Gasteiger partial charge < -0.3 is 19.6 Å². The number of H-pyrrole nitrogens is 1. The summed E-state index contributed by atoms with van der Waals surface area (Å²) in [6, 6.07) is 10.00. The molecule has 0 spiro atoms. The lowest BCUT2D eigenvalue weighted by atomic mass is 10.1. The van der Waals surface area contributed by atoms with Crippen LogP contribution in [-0.2, 0) is 16.1 Å². The van der Waals surface area contributed by atoms with Gasteiger partial charge in [0, 0.05) is 50.4 Å². The number of nitrogens with one attached hydrogen (secondary N) is 2. The Morgan fingerprint density at radius 2 is 1.94 bits per heavy atom. The minimum Gasteiger partial charge on any atom is -0.379 e. The van der Waals surface area contributed by atoms with Crippen LogP contribution in [0.5, 0.6) is 0 Å². The number of hydrogen-bond acceptors (Lipinski definition) is 5. The standard InChI is InChI=1S/C22H24FN5O2S/c1-15(29)25-19-14-17(6-7-24-19)21-20(16-2-4-18(23)5-3-16)26-22(31)28(21)9-8-27-10-12-30-13-11-27/h2-7,14H,8-13H2,1H3,(H,26,31)(H,24,25,29). The zero-order valence-corrected chi connectivity index (χ0v) is 18.0. The zero-order valence-electron chi connectivity index (χ0n) is 17.2. The van der Waals surface area contributed by atoms with Crippen LogP contribution in [0.4, 0.5) is 10.2 Å². The molecule has 4 rings (SSSR count). The van der Waals surface area contributed by atoms with Crippen LogP contribution < -0.4 is 5.32 Å². The zero-order chi connectivity index (χ0) is 21.8. The number of aromatic nitrogens is 3. The molecule has 162 valence electrons. The fraction of sp³-hybridized carbons (Fsp3) is 0.318. The van der Waals surface area contributed by atoms with E-state index in [1.54, 1.807) is 18.3 Å². The molecule has 9 heteroatoms. The summed E-state index contributed by atoms with van der Waals surface area (Å²) >= 11 is 5.66. The van der Waals surface area contributed by atoms with Crippen molar-refractivity contribution in [3.05, 3.63) is 53.2 Å². The summed E-state index contributed by atoms with van der Waals surface area (Å²) in [4.78, 5) is 21.4. The highest BCUT2D eigenvalue weighted by Gasteiger charge is 2.18. The number of carbonyl (C=O) groups is 1. The maximum Gasteiger partial charge on any atom is 0.222 e.